The Bertz CT molecular complexity index is 2200. The number of aromatic hydroxyl groups is 1. The number of carbonyl (C=O) groups excluding carboxylic acids is 3. The van der Waals surface area contributed by atoms with E-state index in [2.05, 4.69) is 15.3 Å². The molecule has 2 atom stereocenters. The first kappa shape index (κ1) is 38.0. The Morgan fingerprint density at radius 2 is 1.80 bits per heavy atom. The van der Waals surface area contributed by atoms with Gasteiger partial charge in [0, 0.05) is 40.3 Å². The number of carbonyl (C=O) groups is 3. The fourth-order valence-electron chi connectivity index (χ4n) is 7.08. The summed E-state index contributed by atoms with van der Waals surface area (Å²) in [7, 11) is 2.22. The quantitative estimate of drug-likeness (QED) is 0.360. The van der Waals surface area contributed by atoms with Crippen molar-refractivity contribution in [3.05, 3.63) is 87.2 Å². The van der Waals surface area contributed by atoms with Crippen LogP contribution >= 0.6 is 11.6 Å². The molecule has 1 fully saturated rings. The molecule has 1 aromatic heterocycles. The number of amides is 3. The molecule has 2 aromatic carbocycles. The maximum absolute atomic E-state index is 14.6. The molecule has 3 amide bonds. The summed E-state index contributed by atoms with van der Waals surface area (Å²) in [6.07, 6.45) is -3.86. The van der Waals surface area contributed by atoms with E-state index < -0.39 is 46.6 Å². The number of hydrogen-bond donors (Lipinski definition) is 2. The SMILES string of the molecule is CCC1=C(N2CCN(C(=O)c3ncnc(C)c3O)CC2)C(=O)N2C(=NC(c3ccc4c(c3)CS(=O)N4C)N2C)N1CC(=O)Nc1ccc(C(F)(F)F)cc1Cl. The van der Waals surface area contributed by atoms with Crippen LogP contribution in [0.3, 0.4) is 0 Å². The average Bonchev–Trinajstić information content (AvgIpc) is 3.65. The highest BCUT2D eigenvalue weighted by Gasteiger charge is 2.48. The van der Waals surface area contributed by atoms with Gasteiger partial charge < -0.3 is 25.1 Å². The lowest BCUT2D eigenvalue weighted by molar-refractivity contribution is -0.139. The molecule has 1 saturated heterocycles. The molecule has 290 valence electrons. The second-order valence-electron chi connectivity index (χ2n) is 13.3. The van der Waals surface area contributed by atoms with E-state index in [1.807, 2.05) is 30.0 Å². The van der Waals surface area contributed by atoms with Crippen molar-refractivity contribution >= 4 is 57.6 Å². The number of aliphatic imine (C=N–C) groups is 1. The highest BCUT2D eigenvalue weighted by Crippen LogP contribution is 2.40. The molecule has 0 spiro atoms. The third-order valence-electron chi connectivity index (χ3n) is 9.96. The van der Waals surface area contributed by atoms with Crippen LogP contribution in [0.25, 0.3) is 0 Å². The molecule has 4 aliphatic rings. The number of piperazine rings is 1. The summed E-state index contributed by atoms with van der Waals surface area (Å²) >= 11 is 6.17. The van der Waals surface area contributed by atoms with Crippen molar-refractivity contribution in [2.75, 3.05) is 56.4 Å². The summed E-state index contributed by atoms with van der Waals surface area (Å²) in [4.78, 5) is 59.5. The number of nitrogens with zero attached hydrogens (tertiary/aromatic N) is 9. The molecule has 5 heterocycles. The van der Waals surface area contributed by atoms with Crippen LogP contribution in [0.1, 0.15) is 52.4 Å². The monoisotopic (exact) mass is 800 g/mol. The number of hydrogen-bond acceptors (Lipinski definition) is 11. The van der Waals surface area contributed by atoms with E-state index in [4.69, 9.17) is 16.6 Å². The molecular formula is C35H36ClF3N10O5S. The van der Waals surface area contributed by atoms with E-state index in [1.165, 1.54) is 16.2 Å². The van der Waals surface area contributed by atoms with Gasteiger partial charge in [0.15, 0.2) is 11.4 Å². The normalized spacial score (nSPS) is 20.3. The zero-order valence-electron chi connectivity index (χ0n) is 30.1. The Balaban J connectivity index is 1.21. The van der Waals surface area contributed by atoms with Crippen molar-refractivity contribution in [1.82, 2.24) is 34.7 Å². The van der Waals surface area contributed by atoms with Crippen LogP contribution in [0, 0.1) is 6.92 Å². The molecule has 55 heavy (non-hydrogen) atoms. The predicted molar refractivity (Wildman–Crippen MR) is 196 cm³/mol. The molecule has 0 saturated carbocycles. The summed E-state index contributed by atoms with van der Waals surface area (Å²) < 4.78 is 54.1. The molecule has 2 unspecified atom stereocenters. The first-order chi connectivity index (χ1) is 26.1. The molecule has 4 aliphatic heterocycles. The number of fused-ring (bicyclic) bond motifs is 2. The lowest BCUT2D eigenvalue weighted by Crippen LogP contribution is -2.59. The highest BCUT2D eigenvalue weighted by atomic mass is 35.5. The minimum Gasteiger partial charge on any atom is -0.504 e. The van der Waals surface area contributed by atoms with Gasteiger partial charge in [0.2, 0.25) is 11.9 Å². The largest absolute Gasteiger partial charge is 0.504 e. The number of allylic oxidation sites excluding steroid dienone is 1. The first-order valence-corrected chi connectivity index (χ1v) is 18.9. The molecule has 0 aliphatic carbocycles. The average molecular weight is 801 g/mol. The maximum atomic E-state index is 14.6. The van der Waals surface area contributed by atoms with Crippen LogP contribution in [0.5, 0.6) is 5.75 Å². The fourth-order valence-corrected chi connectivity index (χ4v) is 8.40. The van der Waals surface area contributed by atoms with Gasteiger partial charge in [-0.3, -0.25) is 18.7 Å². The van der Waals surface area contributed by atoms with Crippen molar-refractivity contribution in [1.29, 1.82) is 0 Å². The number of halogens is 4. The smallest absolute Gasteiger partial charge is 0.416 e. The lowest BCUT2D eigenvalue weighted by Gasteiger charge is -2.44. The first-order valence-electron chi connectivity index (χ1n) is 17.2. The topological polar surface area (TPSA) is 158 Å². The van der Waals surface area contributed by atoms with Crippen LogP contribution in [0.2, 0.25) is 5.02 Å². The van der Waals surface area contributed by atoms with Gasteiger partial charge in [0.05, 0.1) is 39.1 Å². The van der Waals surface area contributed by atoms with Crippen molar-refractivity contribution in [2.45, 2.75) is 38.4 Å². The van der Waals surface area contributed by atoms with Gasteiger partial charge >= 0.3 is 6.18 Å². The summed E-state index contributed by atoms with van der Waals surface area (Å²) in [5.41, 5.74) is 2.31. The van der Waals surface area contributed by atoms with E-state index in [-0.39, 0.29) is 78.6 Å². The molecule has 0 radical (unpaired) electrons. The van der Waals surface area contributed by atoms with Crippen LogP contribution in [-0.4, -0.2) is 115 Å². The molecule has 7 rings (SSSR count). The van der Waals surface area contributed by atoms with Crippen LogP contribution < -0.4 is 9.62 Å². The molecule has 20 heteroatoms. The number of nitrogens with one attached hydrogen (secondary N) is 1. The predicted octanol–water partition coefficient (Wildman–Crippen LogP) is 3.85. The Morgan fingerprint density at radius 3 is 2.47 bits per heavy atom. The third kappa shape index (κ3) is 6.84. The van der Waals surface area contributed by atoms with E-state index in [9.17, 15) is 36.9 Å². The number of benzene rings is 2. The summed E-state index contributed by atoms with van der Waals surface area (Å²) in [6.45, 7) is 3.83. The van der Waals surface area contributed by atoms with E-state index in [0.717, 1.165) is 35.0 Å². The van der Waals surface area contributed by atoms with Crippen molar-refractivity contribution < 1.29 is 36.9 Å². The van der Waals surface area contributed by atoms with Crippen molar-refractivity contribution in [3.63, 3.8) is 0 Å². The minimum atomic E-state index is -4.63. The van der Waals surface area contributed by atoms with Crippen molar-refractivity contribution in [3.8, 4) is 5.75 Å². The maximum Gasteiger partial charge on any atom is 0.416 e. The summed E-state index contributed by atoms with van der Waals surface area (Å²) in [6, 6.07) is 8.23. The Kier molecular flexibility index (Phi) is 9.97. The van der Waals surface area contributed by atoms with Gasteiger partial charge in [0.25, 0.3) is 11.8 Å². The third-order valence-corrected chi connectivity index (χ3v) is 11.6. The van der Waals surface area contributed by atoms with Gasteiger partial charge in [-0.2, -0.15) is 18.2 Å². The number of aromatic nitrogens is 2. The zero-order valence-corrected chi connectivity index (χ0v) is 31.7. The Labute approximate surface area is 321 Å². The number of alkyl halides is 3. The summed E-state index contributed by atoms with van der Waals surface area (Å²) in [5.74, 6) is -1.34. The van der Waals surface area contributed by atoms with Crippen LogP contribution in [0.15, 0.2) is 59.1 Å². The molecule has 3 aromatic rings. The van der Waals surface area contributed by atoms with E-state index >= 15 is 0 Å². The van der Waals surface area contributed by atoms with Gasteiger partial charge in [-0.15, -0.1) is 0 Å². The standard InChI is InChI=1S/C35H36ClF3N10O5S/c1-5-25-29(46-10-12-47(13-11-46)32(52)28-30(51)19(2)40-18-41-28)33(53)49-34(43-31(44(49)3)20-6-9-26-21(14-20)17-55(54)45(26)4)48(25)16-27(50)42-24-8-7-22(15-23(24)36)35(37,38)39/h6-9,14-15,18,31,51H,5,10-13,16-17H2,1-4H3,(H,42,50). The second-order valence-corrected chi connectivity index (χ2v) is 15.1. The van der Waals surface area contributed by atoms with Crippen LogP contribution in [-0.2, 0) is 32.5 Å². The Morgan fingerprint density at radius 1 is 1.07 bits per heavy atom. The number of aryl methyl sites for hydroxylation is 1. The van der Waals surface area contributed by atoms with E-state index in [1.54, 1.807) is 35.2 Å². The van der Waals surface area contributed by atoms with E-state index in [0.29, 0.717) is 11.4 Å². The van der Waals surface area contributed by atoms with Gasteiger partial charge in [-0.1, -0.05) is 24.6 Å². The van der Waals surface area contributed by atoms with Gasteiger partial charge in [0.1, 0.15) is 35.7 Å². The highest BCUT2D eigenvalue weighted by molar-refractivity contribution is 7.86. The van der Waals surface area contributed by atoms with Gasteiger partial charge in [-0.05, 0) is 54.8 Å². The lowest BCUT2D eigenvalue weighted by atomic mass is 10.1. The van der Waals surface area contributed by atoms with Crippen LogP contribution in [0.4, 0.5) is 24.5 Å². The minimum absolute atomic E-state index is 0.0265. The molecule has 0 bridgehead atoms. The molecule has 15 nitrogen and oxygen atoms in total. The fraction of sp³-hybridized carbons (Fsp3) is 0.371. The molecule has 2 N–H and O–H groups in total. The number of hydrazine groups is 1. The summed E-state index contributed by atoms with van der Waals surface area (Å²) in [5, 5.41) is 15.8. The van der Waals surface area contributed by atoms with Crippen molar-refractivity contribution in [2.24, 2.45) is 4.99 Å². The zero-order chi connectivity index (χ0) is 39.5. The second kappa shape index (κ2) is 14.4. The van der Waals surface area contributed by atoms with Gasteiger partial charge in [-0.25, -0.2) is 24.2 Å². The molecular weight excluding hydrogens is 765 g/mol. The number of rotatable bonds is 7. The Hall–Kier alpha value is -5.27. The number of anilines is 2. The number of guanidine groups is 1.